The molecule has 134 valence electrons. The summed E-state index contributed by atoms with van der Waals surface area (Å²) < 4.78 is 33.0. The summed E-state index contributed by atoms with van der Waals surface area (Å²) in [7, 11) is -3.07. The topological polar surface area (TPSA) is 116 Å². The number of carbonyl (C=O) groups is 2. The Labute approximate surface area is 148 Å². The third-order valence-electron chi connectivity index (χ3n) is 3.55. The zero-order valence-corrected chi connectivity index (χ0v) is 14.8. The van der Waals surface area contributed by atoms with E-state index in [0.717, 1.165) is 11.8 Å². The summed E-state index contributed by atoms with van der Waals surface area (Å²) in [6, 6.07) is 6.82. The van der Waals surface area contributed by atoms with Crippen LogP contribution in [0, 0.1) is 0 Å². The number of thioether (sulfide) groups is 1. The number of amides is 1. The molecule has 1 aromatic heterocycles. The summed E-state index contributed by atoms with van der Waals surface area (Å²) >= 11 is 1.08. The van der Waals surface area contributed by atoms with Crippen LogP contribution in [0.2, 0.25) is 0 Å². The quantitative estimate of drug-likeness (QED) is 0.573. The molecule has 0 radical (unpaired) electrons. The van der Waals surface area contributed by atoms with Crippen LogP contribution in [-0.4, -0.2) is 55.2 Å². The van der Waals surface area contributed by atoms with Crippen LogP contribution in [0.15, 0.2) is 33.9 Å². The first-order valence-corrected chi connectivity index (χ1v) is 10.4. The second-order valence-electron chi connectivity index (χ2n) is 5.56. The lowest BCUT2D eigenvalue weighted by atomic mass is 10.2. The number of hydrogen-bond acceptors (Lipinski definition) is 8. The van der Waals surface area contributed by atoms with Crippen molar-refractivity contribution in [2.75, 3.05) is 23.9 Å². The number of nitrogens with zero attached hydrogens (tertiary/aromatic N) is 1. The number of aromatic nitrogens is 1. The van der Waals surface area contributed by atoms with Gasteiger partial charge in [0.2, 0.25) is 0 Å². The zero-order chi connectivity index (χ0) is 17.9. The van der Waals surface area contributed by atoms with Gasteiger partial charge in [-0.15, -0.1) is 0 Å². The van der Waals surface area contributed by atoms with Gasteiger partial charge in [-0.2, -0.15) is 0 Å². The van der Waals surface area contributed by atoms with Crippen molar-refractivity contribution in [2.24, 2.45) is 0 Å². The average molecular weight is 384 g/mol. The van der Waals surface area contributed by atoms with Gasteiger partial charge in [0.05, 0.1) is 11.5 Å². The molecule has 1 saturated heterocycles. The smallest absolute Gasteiger partial charge is 0.316 e. The third kappa shape index (κ3) is 4.95. The van der Waals surface area contributed by atoms with Crippen molar-refractivity contribution in [3.8, 4) is 0 Å². The molecule has 1 N–H and O–H groups in total. The van der Waals surface area contributed by atoms with Gasteiger partial charge in [-0.25, -0.2) is 13.4 Å². The number of sulfone groups is 1. The number of nitrogens with one attached hydrogen (secondary N) is 1. The van der Waals surface area contributed by atoms with Crippen molar-refractivity contribution < 1.29 is 27.2 Å². The van der Waals surface area contributed by atoms with Crippen LogP contribution < -0.4 is 5.32 Å². The molecule has 2 aromatic rings. The zero-order valence-electron chi connectivity index (χ0n) is 13.1. The van der Waals surface area contributed by atoms with E-state index in [1.807, 2.05) is 12.1 Å². The van der Waals surface area contributed by atoms with E-state index >= 15 is 0 Å². The highest BCUT2D eigenvalue weighted by Gasteiger charge is 2.29. The van der Waals surface area contributed by atoms with Gasteiger partial charge in [0.1, 0.15) is 11.3 Å². The molecule has 0 bridgehead atoms. The summed E-state index contributed by atoms with van der Waals surface area (Å²) in [5.74, 6) is -1.14. The lowest BCUT2D eigenvalue weighted by Gasteiger charge is -2.10. The molecule has 25 heavy (non-hydrogen) atoms. The molecule has 0 spiro atoms. The minimum atomic E-state index is -3.07. The predicted molar refractivity (Wildman–Crippen MR) is 90.9 cm³/mol. The molecular formula is C15H16N2O6S2. The SMILES string of the molecule is O=C(COC(=O)CSc1nc2ccccc2o1)N[C@@H]1CCS(=O)(=O)C1. The van der Waals surface area contributed by atoms with E-state index < -0.39 is 34.4 Å². The maximum absolute atomic E-state index is 11.7. The molecule has 1 aliphatic heterocycles. The first kappa shape index (κ1) is 17.7. The molecule has 0 saturated carbocycles. The second kappa shape index (κ2) is 7.44. The van der Waals surface area contributed by atoms with Crippen molar-refractivity contribution in [3.05, 3.63) is 24.3 Å². The van der Waals surface area contributed by atoms with Crippen LogP contribution in [0.5, 0.6) is 0 Å². The Hall–Kier alpha value is -2.07. The van der Waals surface area contributed by atoms with Gasteiger partial charge in [-0.05, 0) is 18.6 Å². The van der Waals surface area contributed by atoms with Crippen LogP contribution in [0.4, 0.5) is 0 Å². The summed E-state index contributed by atoms with van der Waals surface area (Å²) in [5, 5.41) is 2.89. The molecule has 1 fully saturated rings. The van der Waals surface area contributed by atoms with Gasteiger partial charge in [-0.1, -0.05) is 23.9 Å². The first-order valence-electron chi connectivity index (χ1n) is 7.55. The van der Waals surface area contributed by atoms with E-state index in [0.29, 0.717) is 22.7 Å². The standard InChI is InChI=1S/C15H16N2O6S2/c18-13(16-10-5-6-25(20,21)9-10)7-22-14(19)8-24-15-17-11-3-1-2-4-12(11)23-15/h1-4,10H,5-9H2,(H,16,18)/t10-/m1/s1. The van der Waals surface area contributed by atoms with Crippen LogP contribution in [0.1, 0.15) is 6.42 Å². The Morgan fingerprint density at radius 1 is 1.36 bits per heavy atom. The minimum absolute atomic E-state index is 0.0437. The average Bonchev–Trinajstić information content (AvgIpc) is 3.13. The Kier molecular flexibility index (Phi) is 5.28. The van der Waals surface area contributed by atoms with Crippen LogP contribution in [0.3, 0.4) is 0 Å². The molecule has 1 atom stereocenters. The summed E-state index contributed by atoms with van der Waals surface area (Å²) in [5.41, 5.74) is 1.33. The molecular weight excluding hydrogens is 368 g/mol. The van der Waals surface area contributed by atoms with Gasteiger partial charge in [0, 0.05) is 6.04 Å². The van der Waals surface area contributed by atoms with E-state index in [4.69, 9.17) is 9.15 Å². The van der Waals surface area contributed by atoms with Crippen molar-refractivity contribution in [1.82, 2.24) is 10.3 Å². The molecule has 1 aromatic carbocycles. The fraction of sp³-hybridized carbons (Fsp3) is 0.400. The molecule has 0 aliphatic carbocycles. The van der Waals surface area contributed by atoms with Gasteiger partial charge >= 0.3 is 5.97 Å². The van der Waals surface area contributed by atoms with Crippen molar-refractivity contribution >= 4 is 44.6 Å². The first-order chi connectivity index (χ1) is 11.9. The largest absolute Gasteiger partial charge is 0.455 e. The fourth-order valence-electron chi connectivity index (χ4n) is 2.40. The lowest BCUT2D eigenvalue weighted by molar-refractivity contribution is -0.146. The van der Waals surface area contributed by atoms with E-state index in [-0.39, 0.29) is 17.3 Å². The van der Waals surface area contributed by atoms with Gasteiger partial charge in [0.25, 0.3) is 11.1 Å². The summed E-state index contributed by atoms with van der Waals surface area (Å²) in [6.45, 7) is -0.441. The molecule has 0 unspecified atom stereocenters. The molecule has 8 nitrogen and oxygen atoms in total. The number of rotatable bonds is 6. The van der Waals surface area contributed by atoms with E-state index in [9.17, 15) is 18.0 Å². The fourth-order valence-corrected chi connectivity index (χ4v) is 4.71. The highest BCUT2D eigenvalue weighted by atomic mass is 32.2. The Bertz CT molecular complexity index is 859. The monoisotopic (exact) mass is 384 g/mol. The van der Waals surface area contributed by atoms with E-state index in [1.54, 1.807) is 12.1 Å². The van der Waals surface area contributed by atoms with Crippen molar-refractivity contribution in [2.45, 2.75) is 17.7 Å². The van der Waals surface area contributed by atoms with Gasteiger partial charge in [0.15, 0.2) is 22.0 Å². The maximum Gasteiger partial charge on any atom is 0.316 e. The normalized spacial score (nSPS) is 19.0. The molecule has 1 aliphatic rings. The number of para-hydroxylation sites is 2. The lowest BCUT2D eigenvalue weighted by Crippen LogP contribution is -2.38. The number of hydrogen-bond donors (Lipinski definition) is 1. The van der Waals surface area contributed by atoms with Crippen LogP contribution in [-0.2, 0) is 24.2 Å². The predicted octanol–water partition coefficient (Wildman–Crippen LogP) is 0.766. The number of carbonyl (C=O) groups excluding carboxylic acids is 2. The Balaban J connectivity index is 1.39. The van der Waals surface area contributed by atoms with Crippen LogP contribution >= 0.6 is 11.8 Å². The maximum atomic E-state index is 11.7. The Morgan fingerprint density at radius 3 is 2.88 bits per heavy atom. The minimum Gasteiger partial charge on any atom is -0.455 e. The summed E-state index contributed by atoms with van der Waals surface area (Å²) in [4.78, 5) is 27.6. The number of benzene rings is 1. The number of fused-ring (bicyclic) bond motifs is 1. The molecule has 10 heteroatoms. The summed E-state index contributed by atoms with van der Waals surface area (Å²) in [6.07, 6.45) is 0.385. The van der Waals surface area contributed by atoms with Gasteiger partial charge < -0.3 is 14.5 Å². The van der Waals surface area contributed by atoms with E-state index in [1.165, 1.54) is 0 Å². The molecule has 1 amide bonds. The highest BCUT2D eigenvalue weighted by molar-refractivity contribution is 7.99. The molecule has 3 rings (SSSR count). The van der Waals surface area contributed by atoms with Crippen molar-refractivity contribution in [1.29, 1.82) is 0 Å². The third-order valence-corrected chi connectivity index (χ3v) is 6.12. The van der Waals surface area contributed by atoms with Gasteiger partial charge in [-0.3, -0.25) is 9.59 Å². The highest BCUT2D eigenvalue weighted by Crippen LogP contribution is 2.23. The van der Waals surface area contributed by atoms with Crippen LogP contribution in [0.25, 0.3) is 11.1 Å². The van der Waals surface area contributed by atoms with Crippen molar-refractivity contribution in [3.63, 3.8) is 0 Å². The van der Waals surface area contributed by atoms with E-state index in [2.05, 4.69) is 10.3 Å². The number of esters is 1. The Morgan fingerprint density at radius 2 is 2.16 bits per heavy atom. The second-order valence-corrected chi connectivity index (χ2v) is 8.72. The number of ether oxygens (including phenoxy) is 1. The molecule has 2 heterocycles. The number of oxazole rings is 1.